The highest BCUT2D eigenvalue weighted by atomic mass is 16.5. The summed E-state index contributed by atoms with van der Waals surface area (Å²) in [6.45, 7) is 3.60. The first kappa shape index (κ1) is 15.8. The van der Waals surface area contributed by atoms with Crippen LogP contribution >= 0.6 is 0 Å². The molecule has 0 bridgehead atoms. The van der Waals surface area contributed by atoms with Crippen LogP contribution in [0.3, 0.4) is 0 Å². The van der Waals surface area contributed by atoms with E-state index in [4.69, 9.17) is 9.84 Å². The average Bonchev–Trinajstić information content (AvgIpc) is 2.43. The SMILES string of the molecule is CCC(CC)NC(=O)Nc1cccc(OCC(=O)O)c1. The fourth-order valence-electron chi connectivity index (χ4n) is 1.65. The van der Waals surface area contributed by atoms with Crippen molar-refractivity contribution in [2.24, 2.45) is 0 Å². The summed E-state index contributed by atoms with van der Waals surface area (Å²) in [6.07, 6.45) is 1.73. The van der Waals surface area contributed by atoms with Gasteiger partial charge in [-0.2, -0.15) is 0 Å². The highest BCUT2D eigenvalue weighted by Crippen LogP contribution is 2.17. The molecule has 6 heteroatoms. The molecule has 0 radical (unpaired) electrons. The van der Waals surface area contributed by atoms with Crippen LogP contribution in [-0.2, 0) is 4.79 Å². The Kier molecular flexibility index (Phi) is 6.36. The van der Waals surface area contributed by atoms with Gasteiger partial charge in [0.05, 0.1) is 0 Å². The molecule has 1 rings (SSSR count). The van der Waals surface area contributed by atoms with E-state index in [1.807, 2.05) is 13.8 Å². The number of ether oxygens (including phenoxy) is 1. The van der Waals surface area contributed by atoms with Gasteiger partial charge in [-0.25, -0.2) is 9.59 Å². The molecular weight excluding hydrogens is 260 g/mol. The highest BCUT2D eigenvalue weighted by Gasteiger charge is 2.08. The normalized spacial score (nSPS) is 10.2. The van der Waals surface area contributed by atoms with Gasteiger partial charge >= 0.3 is 12.0 Å². The van der Waals surface area contributed by atoms with E-state index in [0.29, 0.717) is 11.4 Å². The summed E-state index contributed by atoms with van der Waals surface area (Å²) < 4.78 is 5.04. The molecule has 0 aliphatic heterocycles. The van der Waals surface area contributed by atoms with E-state index in [9.17, 15) is 9.59 Å². The van der Waals surface area contributed by atoms with Crippen molar-refractivity contribution in [3.05, 3.63) is 24.3 Å². The average molecular weight is 280 g/mol. The zero-order chi connectivity index (χ0) is 15.0. The van der Waals surface area contributed by atoms with Gasteiger partial charge < -0.3 is 20.5 Å². The van der Waals surface area contributed by atoms with E-state index in [2.05, 4.69) is 10.6 Å². The molecule has 0 heterocycles. The van der Waals surface area contributed by atoms with Gasteiger partial charge in [0.25, 0.3) is 0 Å². The van der Waals surface area contributed by atoms with Crippen LogP contribution < -0.4 is 15.4 Å². The Bertz CT molecular complexity index is 458. The largest absolute Gasteiger partial charge is 0.482 e. The van der Waals surface area contributed by atoms with Gasteiger partial charge in [-0.3, -0.25) is 0 Å². The highest BCUT2D eigenvalue weighted by molar-refractivity contribution is 5.89. The van der Waals surface area contributed by atoms with Gasteiger partial charge in [0.2, 0.25) is 0 Å². The van der Waals surface area contributed by atoms with E-state index in [-0.39, 0.29) is 12.1 Å². The first-order valence-electron chi connectivity index (χ1n) is 6.57. The number of carboxylic acid groups (broad SMARTS) is 1. The molecule has 0 atom stereocenters. The quantitative estimate of drug-likeness (QED) is 0.716. The monoisotopic (exact) mass is 280 g/mol. The number of urea groups is 1. The smallest absolute Gasteiger partial charge is 0.341 e. The van der Waals surface area contributed by atoms with Crippen LogP contribution in [0.1, 0.15) is 26.7 Å². The molecule has 0 unspecified atom stereocenters. The van der Waals surface area contributed by atoms with Gasteiger partial charge in [0, 0.05) is 17.8 Å². The summed E-state index contributed by atoms with van der Waals surface area (Å²) in [7, 11) is 0. The third-order valence-corrected chi connectivity index (χ3v) is 2.78. The molecule has 0 aliphatic carbocycles. The molecule has 0 fully saturated rings. The number of hydrogen-bond donors (Lipinski definition) is 3. The lowest BCUT2D eigenvalue weighted by molar-refractivity contribution is -0.139. The molecule has 1 aromatic carbocycles. The van der Waals surface area contributed by atoms with Crippen LogP contribution in [0.4, 0.5) is 10.5 Å². The van der Waals surface area contributed by atoms with Crippen LogP contribution in [0.15, 0.2) is 24.3 Å². The maximum atomic E-state index is 11.8. The Balaban J connectivity index is 2.56. The molecular formula is C14H20N2O4. The van der Waals surface area contributed by atoms with E-state index >= 15 is 0 Å². The number of rotatable bonds is 7. The summed E-state index contributed by atoms with van der Waals surface area (Å²) in [5.41, 5.74) is 0.552. The van der Waals surface area contributed by atoms with Crippen molar-refractivity contribution in [2.45, 2.75) is 32.7 Å². The second kappa shape index (κ2) is 8.04. The van der Waals surface area contributed by atoms with Crippen molar-refractivity contribution < 1.29 is 19.4 Å². The zero-order valence-corrected chi connectivity index (χ0v) is 11.7. The first-order valence-corrected chi connectivity index (χ1v) is 6.57. The molecule has 3 N–H and O–H groups in total. The molecule has 2 amide bonds. The number of nitrogens with one attached hydrogen (secondary N) is 2. The zero-order valence-electron chi connectivity index (χ0n) is 11.7. The predicted molar refractivity (Wildman–Crippen MR) is 76.1 cm³/mol. The fraction of sp³-hybridized carbons (Fsp3) is 0.429. The molecule has 110 valence electrons. The van der Waals surface area contributed by atoms with Crippen molar-refractivity contribution in [1.29, 1.82) is 0 Å². The lowest BCUT2D eigenvalue weighted by Gasteiger charge is -2.15. The number of carbonyl (C=O) groups excluding carboxylic acids is 1. The molecule has 6 nitrogen and oxygen atoms in total. The Hall–Kier alpha value is -2.24. The topological polar surface area (TPSA) is 87.7 Å². The fourth-order valence-corrected chi connectivity index (χ4v) is 1.65. The number of hydrogen-bond acceptors (Lipinski definition) is 3. The standard InChI is InChI=1S/C14H20N2O4/c1-3-10(4-2)15-14(19)16-11-6-5-7-12(8-11)20-9-13(17)18/h5-8,10H,3-4,9H2,1-2H3,(H,17,18)(H2,15,16,19). The third-order valence-electron chi connectivity index (χ3n) is 2.78. The maximum Gasteiger partial charge on any atom is 0.341 e. The van der Waals surface area contributed by atoms with E-state index < -0.39 is 12.6 Å². The minimum atomic E-state index is -1.05. The van der Waals surface area contributed by atoms with Crippen LogP contribution in [0.2, 0.25) is 0 Å². The van der Waals surface area contributed by atoms with Gasteiger partial charge in [-0.05, 0) is 25.0 Å². The summed E-state index contributed by atoms with van der Waals surface area (Å²) in [4.78, 5) is 22.2. The van der Waals surface area contributed by atoms with Gasteiger partial charge in [-0.15, -0.1) is 0 Å². The van der Waals surface area contributed by atoms with Crippen molar-refractivity contribution in [1.82, 2.24) is 5.32 Å². The number of anilines is 1. The van der Waals surface area contributed by atoms with Gasteiger partial charge in [-0.1, -0.05) is 19.9 Å². The number of carboxylic acids is 1. The van der Waals surface area contributed by atoms with Crippen LogP contribution in [0.5, 0.6) is 5.75 Å². The second-order valence-corrected chi connectivity index (χ2v) is 4.32. The Morgan fingerprint density at radius 2 is 2.00 bits per heavy atom. The van der Waals surface area contributed by atoms with Crippen molar-refractivity contribution >= 4 is 17.7 Å². The van der Waals surface area contributed by atoms with Gasteiger partial charge in [0.1, 0.15) is 5.75 Å². The predicted octanol–water partition coefficient (Wildman–Crippen LogP) is 2.46. The molecule has 1 aromatic rings. The third kappa shape index (κ3) is 5.60. The van der Waals surface area contributed by atoms with E-state index in [1.165, 1.54) is 0 Å². The molecule has 0 saturated heterocycles. The first-order chi connectivity index (χ1) is 9.55. The Morgan fingerprint density at radius 3 is 2.60 bits per heavy atom. The van der Waals surface area contributed by atoms with Crippen LogP contribution in [0.25, 0.3) is 0 Å². The summed E-state index contributed by atoms with van der Waals surface area (Å²) in [5.74, 6) is -0.650. The van der Waals surface area contributed by atoms with E-state index in [0.717, 1.165) is 12.8 Å². The van der Waals surface area contributed by atoms with Gasteiger partial charge in [0.15, 0.2) is 6.61 Å². The molecule has 0 saturated carbocycles. The minimum Gasteiger partial charge on any atom is -0.482 e. The number of amides is 2. The van der Waals surface area contributed by atoms with Crippen LogP contribution in [0, 0.1) is 0 Å². The van der Waals surface area contributed by atoms with E-state index in [1.54, 1.807) is 24.3 Å². The van der Waals surface area contributed by atoms with Crippen molar-refractivity contribution in [2.75, 3.05) is 11.9 Å². The molecule has 20 heavy (non-hydrogen) atoms. The number of carbonyl (C=O) groups is 2. The molecule has 0 aromatic heterocycles. The second-order valence-electron chi connectivity index (χ2n) is 4.32. The Morgan fingerprint density at radius 1 is 1.30 bits per heavy atom. The van der Waals surface area contributed by atoms with Crippen molar-refractivity contribution in [3.63, 3.8) is 0 Å². The maximum absolute atomic E-state index is 11.8. The van der Waals surface area contributed by atoms with Crippen LogP contribution in [-0.4, -0.2) is 29.8 Å². The minimum absolute atomic E-state index is 0.140. The summed E-state index contributed by atoms with van der Waals surface area (Å²) in [6, 6.07) is 6.46. The Labute approximate surface area is 118 Å². The summed E-state index contributed by atoms with van der Waals surface area (Å²) >= 11 is 0. The summed E-state index contributed by atoms with van der Waals surface area (Å²) in [5, 5.41) is 14.1. The number of aliphatic carboxylic acids is 1. The van der Waals surface area contributed by atoms with Crippen molar-refractivity contribution in [3.8, 4) is 5.75 Å². The molecule has 0 spiro atoms. The lowest BCUT2D eigenvalue weighted by atomic mass is 10.2. The molecule has 0 aliphatic rings. The lowest BCUT2D eigenvalue weighted by Crippen LogP contribution is -2.37. The number of benzene rings is 1.